The first-order chi connectivity index (χ1) is 11.7. The summed E-state index contributed by atoms with van der Waals surface area (Å²) in [5.74, 6) is -0.517. The normalized spacial score (nSPS) is 16.6. The fourth-order valence-corrected chi connectivity index (χ4v) is 4.02. The number of nitrogens with one attached hydrogen (secondary N) is 2. The zero-order valence-electron chi connectivity index (χ0n) is 12.6. The second-order valence-electron chi connectivity index (χ2n) is 5.61. The lowest BCUT2D eigenvalue weighted by Crippen LogP contribution is -2.30. The van der Waals surface area contributed by atoms with Gasteiger partial charge in [-0.05, 0) is 43.5 Å². The predicted molar refractivity (Wildman–Crippen MR) is 87.0 cm³/mol. The minimum atomic E-state index is -0.266. The molecule has 2 N–H and O–H groups in total. The Labute approximate surface area is 141 Å². The summed E-state index contributed by atoms with van der Waals surface area (Å²) in [5, 5.41) is 13.7. The molecule has 3 aromatic rings. The molecule has 1 atom stereocenters. The number of thiazole rings is 1. The van der Waals surface area contributed by atoms with E-state index in [4.69, 9.17) is 0 Å². The average Bonchev–Trinajstić information content (AvgIpc) is 3.25. The van der Waals surface area contributed by atoms with E-state index in [2.05, 4.69) is 25.7 Å². The third-order valence-electron chi connectivity index (χ3n) is 3.99. The van der Waals surface area contributed by atoms with Crippen LogP contribution in [0.4, 0.5) is 4.39 Å². The molecule has 2 heterocycles. The number of nitrogens with zero attached hydrogens (tertiary/aromatic N) is 3. The summed E-state index contributed by atoms with van der Waals surface area (Å²) in [6.07, 6.45) is 4.12. The number of H-pyrrole nitrogens is 1. The molecule has 24 heavy (non-hydrogen) atoms. The molecular formula is C16H14FN5OS. The highest BCUT2D eigenvalue weighted by Crippen LogP contribution is 2.38. The standard InChI is InChI=1S/C16H14FN5OS/c17-10-6-4-9(5-7-10)16-20-12-3-1-2-11(14(12)24-16)19-15(23)13-8-18-22-21-13/h4-8,11H,1-3H2,(H,19,23)(H,18,21,22). The highest BCUT2D eigenvalue weighted by molar-refractivity contribution is 7.15. The Morgan fingerprint density at radius 2 is 2.17 bits per heavy atom. The molecule has 8 heteroatoms. The van der Waals surface area contributed by atoms with Crippen molar-refractivity contribution in [3.8, 4) is 10.6 Å². The van der Waals surface area contributed by atoms with Gasteiger partial charge in [0.25, 0.3) is 5.91 Å². The molecule has 0 fully saturated rings. The molecule has 1 aliphatic rings. The van der Waals surface area contributed by atoms with Crippen molar-refractivity contribution in [3.63, 3.8) is 0 Å². The van der Waals surface area contributed by atoms with Crippen molar-refractivity contribution in [2.75, 3.05) is 0 Å². The summed E-state index contributed by atoms with van der Waals surface area (Å²) in [6, 6.07) is 6.23. The summed E-state index contributed by atoms with van der Waals surface area (Å²) in [6.45, 7) is 0. The van der Waals surface area contributed by atoms with Crippen LogP contribution in [0.2, 0.25) is 0 Å². The average molecular weight is 343 g/mol. The molecule has 122 valence electrons. The van der Waals surface area contributed by atoms with Gasteiger partial charge in [-0.1, -0.05) is 0 Å². The van der Waals surface area contributed by atoms with Crippen LogP contribution >= 0.6 is 11.3 Å². The molecular weight excluding hydrogens is 329 g/mol. The number of halogens is 1. The van der Waals surface area contributed by atoms with Gasteiger partial charge in [0.15, 0.2) is 5.69 Å². The SMILES string of the molecule is O=C(NC1CCCc2nc(-c3ccc(F)cc3)sc21)c1cn[nH]n1. The van der Waals surface area contributed by atoms with Crippen LogP contribution in [0.1, 0.15) is 39.9 Å². The van der Waals surface area contributed by atoms with Crippen molar-refractivity contribution in [2.45, 2.75) is 25.3 Å². The maximum absolute atomic E-state index is 13.1. The van der Waals surface area contributed by atoms with Crippen LogP contribution in [-0.4, -0.2) is 26.3 Å². The molecule has 1 aromatic carbocycles. The van der Waals surface area contributed by atoms with Crippen molar-refractivity contribution < 1.29 is 9.18 Å². The Bertz CT molecular complexity index is 859. The van der Waals surface area contributed by atoms with Crippen LogP contribution in [-0.2, 0) is 6.42 Å². The summed E-state index contributed by atoms with van der Waals surface area (Å²) in [4.78, 5) is 18.0. The van der Waals surface area contributed by atoms with Crippen molar-refractivity contribution >= 4 is 17.2 Å². The second kappa shape index (κ2) is 6.12. The summed E-state index contributed by atoms with van der Waals surface area (Å²) >= 11 is 1.55. The van der Waals surface area contributed by atoms with Gasteiger partial charge in [0, 0.05) is 5.56 Å². The highest BCUT2D eigenvalue weighted by Gasteiger charge is 2.27. The fourth-order valence-electron chi connectivity index (χ4n) is 2.82. The van der Waals surface area contributed by atoms with Crippen LogP contribution in [0.5, 0.6) is 0 Å². The lowest BCUT2D eigenvalue weighted by Gasteiger charge is -2.21. The quantitative estimate of drug-likeness (QED) is 0.766. The minimum Gasteiger partial charge on any atom is -0.343 e. The molecule has 0 radical (unpaired) electrons. The number of rotatable bonds is 3. The van der Waals surface area contributed by atoms with Crippen molar-refractivity contribution in [2.24, 2.45) is 0 Å². The summed E-state index contributed by atoms with van der Waals surface area (Å²) < 4.78 is 13.1. The first-order valence-corrected chi connectivity index (χ1v) is 8.44. The van der Waals surface area contributed by atoms with E-state index in [1.807, 2.05) is 0 Å². The molecule has 0 aliphatic heterocycles. The molecule has 1 amide bonds. The van der Waals surface area contributed by atoms with Crippen LogP contribution < -0.4 is 5.32 Å². The van der Waals surface area contributed by atoms with E-state index < -0.39 is 0 Å². The van der Waals surface area contributed by atoms with E-state index in [-0.39, 0.29) is 23.5 Å². The minimum absolute atomic E-state index is 0.0790. The Kier molecular flexibility index (Phi) is 3.81. The zero-order valence-corrected chi connectivity index (χ0v) is 13.4. The fraction of sp³-hybridized carbons (Fsp3) is 0.250. The van der Waals surface area contributed by atoms with Crippen LogP contribution in [0, 0.1) is 5.82 Å². The molecule has 6 nitrogen and oxygen atoms in total. The monoisotopic (exact) mass is 343 g/mol. The molecule has 0 saturated carbocycles. The van der Waals surface area contributed by atoms with Gasteiger partial charge in [0.1, 0.15) is 10.8 Å². The number of benzene rings is 1. The Morgan fingerprint density at radius 3 is 2.92 bits per heavy atom. The first kappa shape index (κ1) is 14.9. The third kappa shape index (κ3) is 2.80. The van der Waals surface area contributed by atoms with Crippen LogP contribution in [0.15, 0.2) is 30.5 Å². The third-order valence-corrected chi connectivity index (χ3v) is 5.25. The molecule has 1 aliphatic carbocycles. The zero-order chi connectivity index (χ0) is 16.5. The number of amides is 1. The van der Waals surface area contributed by atoms with E-state index >= 15 is 0 Å². The lowest BCUT2D eigenvalue weighted by molar-refractivity contribution is 0.0928. The maximum atomic E-state index is 13.1. The number of fused-ring (bicyclic) bond motifs is 1. The molecule has 4 rings (SSSR count). The lowest BCUT2D eigenvalue weighted by atomic mass is 9.98. The van der Waals surface area contributed by atoms with Gasteiger partial charge in [-0.2, -0.15) is 15.4 Å². The van der Waals surface area contributed by atoms with Gasteiger partial charge in [0.05, 0.1) is 22.8 Å². The number of aromatic nitrogens is 4. The molecule has 1 unspecified atom stereocenters. The topological polar surface area (TPSA) is 83.6 Å². The number of hydrogen-bond donors (Lipinski definition) is 2. The van der Waals surface area contributed by atoms with E-state index in [1.165, 1.54) is 18.3 Å². The van der Waals surface area contributed by atoms with Crippen molar-refractivity contribution in [3.05, 3.63) is 52.5 Å². The van der Waals surface area contributed by atoms with Gasteiger partial charge in [-0.15, -0.1) is 11.3 Å². The summed E-state index contributed by atoms with van der Waals surface area (Å²) in [7, 11) is 0. The Balaban J connectivity index is 1.60. The highest BCUT2D eigenvalue weighted by atomic mass is 32.1. The van der Waals surface area contributed by atoms with E-state index in [0.29, 0.717) is 0 Å². The van der Waals surface area contributed by atoms with Gasteiger partial charge in [0.2, 0.25) is 0 Å². The molecule has 2 aromatic heterocycles. The van der Waals surface area contributed by atoms with Crippen molar-refractivity contribution in [1.29, 1.82) is 0 Å². The van der Waals surface area contributed by atoms with Gasteiger partial charge >= 0.3 is 0 Å². The number of hydrogen-bond acceptors (Lipinski definition) is 5. The summed E-state index contributed by atoms with van der Waals surface area (Å²) in [5.41, 5.74) is 2.17. The number of aromatic amines is 1. The van der Waals surface area contributed by atoms with Gasteiger partial charge < -0.3 is 5.32 Å². The van der Waals surface area contributed by atoms with E-state index in [9.17, 15) is 9.18 Å². The second-order valence-corrected chi connectivity index (χ2v) is 6.64. The van der Waals surface area contributed by atoms with E-state index in [0.717, 1.165) is 40.4 Å². The predicted octanol–water partition coefficient (Wildman–Crippen LogP) is 2.87. The number of carbonyl (C=O) groups is 1. The van der Waals surface area contributed by atoms with Crippen LogP contribution in [0.3, 0.4) is 0 Å². The first-order valence-electron chi connectivity index (χ1n) is 7.63. The van der Waals surface area contributed by atoms with Gasteiger partial charge in [-0.3, -0.25) is 4.79 Å². The number of carbonyl (C=O) groups excluding carboxylic acids is 1. The molecule has 0 saturated heterocycles. The molecule has 0 spiro atoms. The van der Waals surface area contributed by atoms with Crippen molar-refractivity contribution in [1.82, 2.24) is 25.7 Å². The molecule has 0 bridgehead atoms. The van der Waals surface area contributed by atoms with Crippen LogP contribution in [0.25, 0.3) is 10.6 Å². The maximum Gasteiger partial charge on any atom is 0.273 e. The smallest absolute Gasteiger partial charge is 0.273 e. The van der Waals surface area contributed by atoms with E-state index in [1.54, 1.807) is 23.5 Å². The van der Waals surface area contributed by atoms with Gasteiger partial charge in [-0.25, -0.2) is 9.37 Å². The number of aryl methyl sites for hydroxylation is 1. The Hall–Kier alpha value is -2.61. The Morgan fingerprint density at radius 1 is 1.33 bits per heavy atom. The largest absolute Gasteiger partial charge is 0.343 e.